The zero-order chi connectivity index (χ0) is 18.5. The molecule has 27 heavy (non-hydrogen) atoms. The molecule has 6 heteroatoms. The van der Waals surface area contributed by atoms with Gasteiger partial charge in [0.15, 0.2) is 5.76 Å². The number of hydrogen-bond acceptors (Lipinski definition) is 5. The van der Waals surface area contributed by atoms with E-state index in [0.717, 1.165) is 16.8 Å². The lowest BCUT2D eigenvalue weighted by molar-refractivity contribution is -0.115. The molecule has 1 amide bonds. The third-order valence-corrected chi connectivity index (χ3v) is 4.05. The lowest BCUT2D eigenvalue weighted by Gasteiger charge is -2.10. The number of hydrogen-bond donors (Lipinski definition) is 1. The Labute approximate surface area is 155 Å². The van der Waals surface area contributed by atoms with Crippen molar-refractivity contribution in [2.75, 3.05) is 5.32 Å². The van der Waals surface area contributed by atoms with Crippen molar-refractivity contribution in [2.45, 2.75) is 12.8 Å². The third kappa shape index (κ3) is 4.12. The fourth-order valence-corrected chi connectivity index (χ4v) is 2.77. The lowest BCUT2D eigenvalue weighted by Crippen LogP contribution is -2.15. The molecule has 0 unspecified atom stereocenters. The first-order valence-corrected chi connectivity index (χ1v) is 8.56. The van der Waals surface area contributed by atoms with Gasteiger partial charge in [-0.15, -0.1) is 0 Å². The van der Waals surface area contributed by atoms with Gasteiger partial charge in [-0.25, -0.2) is 0 Å². The number of amides is 1. The first-order chi connectivity index (χ1) is 13.3. The van der Waals surface area contributed by atoms with Gasteiger partial charge in [-0.2, -0.15) is 4.98 Å². The molecule has 2 aromatic carbocycles. The minimum Gasteiger partial charge on any atom is -0.461 e. The van der Waals surface area contributed by atoms with E-state index < -0.39 is 0 Å². The van der Waals surface area contributed by atoms with E-state index in [0.29, 0.717) is 30.3 Å². The highest BCUT2D eigenvalue weighted by Gasteiger charge is 2.14. The molecule has 0 bridgehead atoms. The Morgan fingerprint density at radius 1 is 0.963 bits per heavy atom. The summed E-state index contributed by atoms with van der Waals surface area (Å²) in [6.45, 7) is 0. The molecule has 0 spiro atoms. The molecule has 0 fully saturated rings. The number of carbonyl (C=O) groups excluding carboxylic acids is 1. The standard InChI is InChI=1S/C21H17N3O3/c25-19(13-15-7-2-1-3-8-15)22-17-10-5-4-9-16(17)14-20-23-21(24-27-20)18-11-6-12-26-18/h1-12H,13-14H2,(H,22,25). The van der Waals surface area contributed by atoms with Crippen LogP contribution in [0.3, 0.4) is 0 Å². The van der Waals surface area contributed by atoms with Gasteiger partial charge >= 0.3 is 0 Å². The lowest BCUT2D eigenvalue weighted by atomic mass is 10.1. The van der Waals surface area contributed by atoms with E-state index in [1.54, 1.807) is 18.4 Å². The Morgan fingerprint density at radius 2 is 1.78 bits per heavy atom. The second kappa shape index (κ2) is 7.70. The summed E-state index contributed by atoms with van der Waals surface area (Å²) >= 11 is 0. The molecule has 4 aromatic rings. The molecule has 0 saturated heterocycles. The average molecular weight is 359 g/mol. The van der Waals surface area contributed by atoms with E-state index in [1.165, 1.54) is 0 Å². The molecule has 134 valence electrons. The second-order valence-electron chi connectivity index (χ2n) is 6.03. The number of furan rings is 1. The van der Waals surface area contributed by atoms with Crippen LogP contribution in [0.2, 0.25) is 0 Å². The van der Waals surface area contributed by atoms with Crippen LogP contribution in [0.4, 0.5) is 5.69 Å². The quantitative estimate of drug-likeness (QED) is 0.560. The van der Waals surface area contributed by atoms with Gasteiger partial charge < -0.3 is 14.3 Å². The summed E-state index contributed by atoms with van der Waals surface area (Å²) in [6, 6.07) is 20.7. The number of anilines is 1. The SMILES string of the molecule is O=C(Cc1ccccc1)Nc1ccccc1Cc1nc(-c2ccco2)no1. The molecule has 0 saturated carbocycles. The second-order valence-corrected chi connectivity index (χ2v) is 6.03. The number of rotatable bonds is 6. The maximum atomic E-state index is 12.4. The van der Waals surface area contributed by atoms with Gasteiger partial charge in [-0.1, -0.05) is 53.7 Å². The number of aromatic nitrogens is 2. The highest BCUT2D eigenvalue weighted by atomic mass is 16.5. The summed E-state index contributed by atoms with van der Waals surface area (Å²) in [5.41, 5.74) is 2.59. The zero-order valence-electron chi connectivity index (χ0n) is 14.5. The fourth-order valence-electron chi connectivity index (χ4n) is 2.77. The Morgan fingerprint density at radius 3 is 2.59 bits per heavy atom. The molecular weight excluding hydrogens is 342 g/mol. The summed E-state index contributed by atoms with van der Waals surface area (Å²) in [4.78, 5) is 16.7. The third-order valence-electron chi connectivity index (χ3n) is 4.05. The van der Waals surface area contributed by atoms with Gasteiger partial charge in [0.25, 0.3) is 0 Å². The van der Waals surface area contributed by atoms with Crippen LogP contribution in [0.25, 0.3) is 11.6 Å². The molecular formula is C21H17N3O3. The van der Waals surface area contributed by atoms with Gasteiger partial charge in [-0.3, -0.25) is 4.79 Å². The van der Waals surface area contributed by atoms with Crippen molar-refractivity contribution in [3.8, 4) is 11.6 Å². The van der Waals surface area contributed by atoms with Crippen molar-refractivity contribution in [3.05, 3.63) is 90.0 Å². The molecule has 0 radical (unpaired) electrons. The normalized spacial score (nSPS) is 10.7. The van der Waals surface area contributed by atoms with Gasteiger partial charge in [0, 0.05) is 5.69 Å². The summed E-state index contributed by atoms with van der Waals surface area (Å²) in [6.07, 6.45) is 2.29. The van der Waals surface area contributed by atoms with E-state index in [4.69, 9.17) is 8.94 Å². The molecule has 0 aliphatic carbocycles. The monoisotopic (exact) mass is 359 g/mol. The van der Waals surface area contributed by atoms with Crippen LogP contribution in [-0.4, -0.2) is 16.0 Å². The molecule has 4 rings (SSSR count). The predicted molar refractivity (Wildman–Crippen MR) is 100 cm³/mol. The summed E-state index contributed by atoms with van der Waals surface area (Å²) in [5.74, 6) is 1.33. The van der Waals surface area contributed by atoms with Crippen molar-refractivity contribution >= 4 is 11.6 Å². The van der Waals surface area contributed by atoms with Crippen LogP contribution >= 0.6 is 0 Å². The molecule has 2 heterocycles. The number of benzene rings is 2. The van der Waals surface area contributed by atoms with Gasteiger partial charge in [0.1, 0.15) is 0 Å². The van der Waals surface area contributed by atoms with E-state index in [2.05, 4.69) is 15.5 Å². The molecule has 6 nitrogen and oxygen atoms in total. The largest absolute Gasteiger partial charge is 0.461 e. The highest BCUT2D eigenvalue weighted by molar-refractivity contribution is 5.93. The van der Waals surface area contributed by atoms with Crippen molar-refractivity contribution in [3.63, 3.8) is 0 Å². The number of carbonyl (C=O) groups is 1. The summed E-state index contributed by atoms with van der Waals surface area (Å²) in [5, 5.41) is 6.90. The van der Waals surface area contributed by atoms with E-state index in [1.807, 2.05) is 54.6 Å². The van der Waals surface area contributed by atoms with E-state index in [-0.39, 0.29) is 5.91 Å². The molecule has 1 N–H and O–H groups in total. The zero-order valence-corrected chi connectivity index (χ0v) is 14.5. The van der Waals surface area contributed by atoms with Crippen LogP contribution in [0, 0.1) is 0 Å². The maximum absolute atomic E-state index is 12.4. The van der Waals surface area contributed by atoms with Crippen LogP contribution < -0.4 is 5.32 Å². The molecule has 2 aromatic heterocycles. The van der Waals surface area contributed by atoms with Crippen molar-refractivity contribution < 1.29 is 13.7 Å². The topological polar surface area (TPSA) is 81.2 Å². The van der Waals surface area contributed by atoms with E-state index >= 15 is 0 Å². The number of nitrogens with zero attached hydrogens (tertiary/aromatic N) is 2. The first-order valence-electron chi connectivity index (χ1n) is 8.56. The Hall–Kier alpha value is -3.67. The van der Waals surface area contributed by atoms with E-state index in [9.17, 15) is 4.79 Å². The highest BCUT2D eigenvalue weighted by Crippen LogP contribution is 2.21. The van der Waals surface area contributed by atoms with Crippen molar-refractivity contribution in [1.82, 2.24) is 10.1 Å². The number of para-hydroxylation sites is 1. The maximum Gasteiger partial charge on any atom is 0.238 e. The van der Waals surface area contributed by atoms with Gasteiger partial charge in [0.2, 0.25) is 17.6 Å². The minimum absolute atomic E-state index is 0.0737. The number of nitrogens with one attached hydrogen (secondary N) is 1. The van der Waals surface area contributed by atoms with Gasteiger partial charge in [-0.05, 0) is 29.3 Å². The Balaban J connectivity index is 1.47. The summed E-state index contributed by atoms with van der Waals surface area (Å²) in [7, 11) is 0. The van der Waals surface area contributed by atoms with Crippen molar-refractivity contribution in [1.29, 1.82) is 0 Å². The summed E-state index contributed by atoms with van der Waals surface area (Å²) < 4.78 is 10.6. The molecule has 0 atom stereocenters. The Kier molecular flexibility index (Phi) is 4.78. The first kappa shape index (κ1) is 16.8. The Bertz CT molecular complexity index is 1020. The molecule has 0 aliphatic rings. The van der Waals surface area contributed by atoms with Crippen molar-refractivity contribution in [2.24, 2.45) is 0 Å². The van der Waals surface area contributed by atoms with Crippen LogP contribution in [0.5, 0.6) is 0 Å². The average Bonchev–Trinajstić information content (AvgIpc) is 3.36. The van der Waals surface area contributed by atoms with Crippen LogP contribution in [0.15, 0.2) is 81.9 Å². The molecule has 0 aliphatic heterocycles. The minimum atomic E-state index is -0.0737. The van der Waals surface area contributed by atoms with Crippen LogP contribution in [0.1, 0.15) is 17.0 Å². The van der Waals surface area contributed by atoms with Gasteiger partial charge in [0.05, 0.1) is 19.1 Å². The fraction of sp³-hybridized carbons (Fsp3) is 0.0952. The van der Waals surface area contributed by atoms with Crippen LogP contribution in [-0.2, 0) is 17.6 Å². The smallest absolute Gasteiger partial charge is 0.238 e. The predicted octanol–water partition coefficient (Wildman–Crippen LogP) is 4.10.